The standard InChI is InChI=1S/C24H26ClN3O2S/c1-17-22(18(2)30-26-17)16-31-23-6-4-3-5-21(23)24(29)28-13-11-27(12-14-28)15-19-7-9-20(25)10-8-19/h3-10H,11-16H2,1-2H3. The van der Waals surface area contributed by atoms with Crippen LogP contribution in [0.3, 0.4) is 0 Å². The quantitative estimate of drug-likeness (QED) is 0.478. The van der Waals surface area contributed by atoms with Crippen LogP contribution in [0.4, 0.5) is 0 Å². The van der Waals surface area contributed by atoms with Gasteiger partial charge in [0.15, 0.2) is 0 Å². The van der Waals surface area contributed by atoms with Crippen LogP contribution in [0.1, 0.15) is 32.9 Å². The molecule has 4 rings (SSSR count). The minimum absolute atomic E-state index is 0.105. The van der Waals surface area contributed by atoms with Gasteiger partial charge in [0.2, 0.25) is 0 Å². The maximum Gasteiger partial charge on any atom is 0.255 e. The summed E-state index contributed by atoms with van der Waals surface area (Å²) in [4.78, 5) is 18.6. The second kappa shape index (κ2) is 9.90. The van der Waals surface area contributed by atoms with Gasteiger partial charge in [0.05, 0.1) is 11.3 Å². The summed E-state index contributed by atoms with van der Waals surface area (Å²) in [6.07, 6.45) is 0. The van der Waals surface area contributed by atoms with Crippen LogP contribution >= 0.6 is 23.4 Å². The summed E-state index contributed by atoms with van der Waals surface area (Å²) < 4.78 is 5.27. The molecule has 1 saturated heterocycles. The van der Waals surface area contributed by atoms with Crippen molar-refractivity contribution < 1.29 is 9.32 Å². The second-order valence-electron chi connectivity index (χ2n) is 7.78. The predicted molar refractivity (Wildman–Crippen MR) is 125 cm³/mol. The molecule has 0 atom stereocenters. The Bertz CT molecular complexity index is 1020. The molecule has 3 aromatic rings. The fraction of sp³-hybridized carbons (Fsp3) is 0.333. The van der Waals surface area contributed by atoms with Gasteiger partial charge >= 0.3 is 0 Å². The first-order valence-corrected chi connectivity index (χ1v) is 11.8. The Kier molecular flexibility index (Phi) is 7.00. The van der Waals surface area contributed by atoms with Gasteiger partial charge in [0.1, 0.15) is 5.76 Å². The van der Waals surface area contributed by atoms with E-state index in [1.165, 1.54) is 5.56 Å². The first-order chi connectivity index (χ1) is 15.0. The molecule has 162 valence electrons. The highest BCUT2D eigenvalue weighted by Gasteiger charge is 2.24. The van der Waals surface area contributed by atoms with E-state index in [1.807, 2.05) is 55.1 Å². The Labute approximate surface area is 192 Å². The Morgan fingerprint density at radius 3 is 2.45 bits per heavy atom. The van der Waals surface area contributed by atoms with E-state index in [-0.39, 0.29) is 5.91 Å². The molecule has 1 aliphatic rings. The number of carbonyl (C=O) groups excluding carboxylic acids is 1. The molecule has 1 aromatic heterocycles. The number of aryl methyl sites for hydroxylation is 2. The first-order valence-electron chi connectivity index (χ1n) is 10.4. The van der Waals surface area contributed by atoms with Crippen LogP contribution in [0.15, 0.2) is 57.9 Å². The molecule has 0 N–H and O–H groups in total. The van der Waals surface area contributed by atoms with Gasteiger partial charge in [-0.15, -0.1) is 11.8 Å². The summed E-state index contributed by atoms with van der Waals surface area (Å²) in [5, 5.41) is 4.78. The predicted octanol–water partition coefficient (Wildman–Crippen LogP) is 5.20. The number of piperazine rings is 1. The third-order valence-electron chi connectivity index (χ3n) is 5.65. The maximum absolute atomic E-state index is 13.3. The third-order valence-corrected chi connectivity index (χ3v) is 7.00. The molecule has 1 amide bonds. The van der Waals surface area contributed by atoms with Crippen LogP contribution in [-0.2, 0) is 12.3 Å². The van der Waals surface area contributed by atoms with E-state index in [1.54, 1.807) is 11.8 Å². The number of amides is 1. The van der Waals surface area contributed by atoms with E-state index < -0.39 is 0 Å². The van der Waals surface area contributed by atoms with Gasteiger partial charge in [-0.25, -0.2) is 0 Å². The normalized spacial score (nSPS) is 14.7. The zero-order chi connectivity index (χ0) is 21.8. The van der Waals surface area contributed by atoms with Crippen molar-refractivity contribution in [1.82, 2.24) is 15.0 Å². The lowest BCUT2D eigenvalue weighted by Crippen LogP contribution is -2.48. The van der Waals surface area contributed by atoms with E-state index in [4.69, 9.17) is 16.1 Å². The minimum atomic E-state index is 0.105. The number of carbonyl (C=O) groups is 1. The molecule has 5 nitrogen and oxygen atoms in total. The lowest BCUT2D eigenvalue weighted by Gasteiger charge is -2.35. The lowest BCUT2D eigenvalue weighted by atomic mass is 10.1. The SMILES string of the molecule is Cc1noc(C)c1CSc1ccccc1C(=O)N1CCN(Cc2ccc(Cl)cc2)CC1. The summed E-state index contributed by atoms with van der Waals surface area (Å²) in [7, 11) is 0. The summed E-state index contributed by atoms with van der Waals surface area (Å²) in [6.45, 7) is 7.95. The molecule has 2 heterocycles. The van der Waals surface area contributed by atoms with Gasteiger partial charge in [-0.1, -0.05) is 41.0 Å². The molecule has 7 heteroatoms. The molecule has 0 aliphatic carbocycles. The second-order valence-corrected chi connectivity index (χ2v) is 9.24. The van der Waals surface area contributed by atoms with Crippen molar-refractivity contribution in [2.75, 3.05) is 26.2 Å². The van der Waals surface area contributed by atoms with Crippen LogP contribution in [0.2, 0.25) is 5.02 Å². The lowest BCUT2D eigenvalue weighted by molar-refractivity contribution is 0.0625. The monoisotopic (exact) mass is 455 g/mol. The zero-order valence-electron chi connectivity index (χ0n) is 17.8. The van der Waals surface area contributed by atoms with Crippen molar-refractivity contribution in [2.24, 2.45) is 0 Å². The fourth-order valence-electron chi connectivity index (χ4n) is 3.75. The van der Waals surface area contributed by atoms with Crippen LogP contribution < -0.4 is 0 Å². The van der Waals surface area contributed by atoms with Crippen LogP contribution in [0.5, 0.6) is 0 Å². The molecular weight excluding hydrogens is 430 g/mol. The molecule has 0 bridgehead atoms. The third kappa shape index (κ3) is 5.32. The molecule has 2 aromatic carbocycles. The number of hydrogen-bond donors (Lipinski definition) is 0. The summed E-state index contributed by atoms with van der Waals surface area (Å²) >= 11 is 7.64. The summed E-state index contributed by atoms with van der Waals surface area (Å²) in [5.74, 6) is 1.68. The number of hydrogen-bond acceptors (Lipinski definition) is 5. The molecule has 0 saturated carbocycles. The number of thioether (sulfide) groups is 1. The van der Waals surface area contributed by atoms with Crippen molar-refractivity contribution in [3.05, 3.63) is 81.7 Å². The molecule has 0 radical (unpaired) electrons. The van der Waals surface area contributed by atoms with Gasteiger partial charge in [0.25, 0.3) is 5.91 Å². The molecule has 0 unspecified atom stereocenters. The van der Waals surface area contributed by atoms with Crippen molar-refractivity contribution in [3.8, 4) is 0 Å². The summed E-state index contributed by atoms with van der Waals surface area (Å²) in [5.41, 5.74) is 4.02. The van der Waals surface area contributed by atoms with E-state index in [2.05, 4.69) is 22.2 Å². The number of halogens is 1. The van der Waals surface area contributed by atoms with Crippen molar-refractivity contribution >= 4 is 29.3 Å². The van der Waals surface area contributed by atoms with E-state index in [0.717, 1.165) is 71.0 Å². The van der Waals surface area contributed by atoms with Crippen LogP contribution in [0, 0.1) is 13.8 Å². The van der Waals surface area contributed by atoms with Crippen LogP contribution in [0.25, 0.3) is 0 Å². The van der Waals surface area contributed by atoms with E-state index in [0.29, 0.717) is 0 Å². The number of benzene rings is 2. The average Bonchev–Trinajstić information content (AvgIpc) is 3.11. The Balaban J connectivity index is 1.37. The van der Waals surface area contributed by atoms with Gasteiger partial charge in [-0.05, 0) is 43.7 Å². The fourth-order valence-corrected chi connectivity index (χ4v) is 5.08. The van der Waals surface area contributed by atoms with Crippen molar-refractivity contribution in [1.29, 1.82) is 0 Å². The highest BCUT2D eigenvalue weighted by molar-refractivity contribution is 7.98. The average molecular weight is 456 g/mol. The highest BCUT2D eigenvalue weighted by Crippen LogP contribution is 2.29. The van der Waals surface area contributed by atoms with Gasteiger partial charge in [0, 0.05) is 54.0 Å². The number of aromatic nitrogens is 1. The smallest absolute Gasteiger partial charge is 0.255 e. The Hall–Kier alpha value is -2.28. The largest absolute Gasteiger partial charge is 0.361 e. The Morgan fingerprint density at radius 1 is 1.06 bits per heavy atom. The number of nitrogens with zero attached hydrogens (tertiary/aromatic N) is 3. The topological polar surface area (TPSA) is 49.6 Å². The first kappa shape index (κ1) is 21.9. The van der Waals surface area contributed by atoms with Crippen molar-refractivity contribution in [2.45, 2.75) is 31.0 Å². The van der Waals surface area contributed by atoms with Crippen LogP contribution in [-0.4, -0.2) is 47.0 Å². The number of rotatable bonds is 6. The highest BCUT2D eigenvalue weighted by atomic mass is 35.5. The molecule has 0 spiro atoms. The molecular formula is C24H26ClN3O2S. The molecule has 1 aliphatic heterocycles. The maximum atomic E-state index is 13.3. The zero-order valence-corrected chi connectivity index (χ0v) is 19.4. The van der Waals surface area contributed by atoms with Gasteiger partial charge < -0.3 is 9.42 Å². The van der Waals surface area contributed by atoms with E-state index in [9.17, 15) is 4.79 Å². The Morgan fingerprint density at radius 2 is 1.77 bits per heavy atom. The minimum Gasteiger partial charge on any atom is -0.361 e. The molecule has 31 heavy (non-hydrogen) atoms. The molecule has 1 fully saturated rings. The van der Waals surface area contributed by atoms with Crippen molar-refractivity contribution in [3.63, 3.8) is 0 Å². The van der Waals surface area contributed by atoms with Gasteiger partial charge in [-0.2, -0.15) is 0 Å². The van der Waals surface area contributed by atoms with Gasteiger partial charge in [-0.3, -0.25) is 9.69 Å². The van der Waals surface area contributed by atoms with E-state index >= 15 is 0 Å². The summed E-state index contributed by atoms with van der Waals surface area (Å²) in [6, 6.07) is 15.8.